The number of hydrogen-bond acceptors (Lipinski definition) is 3. The average molecular weight is 276 g/mol. The summed E-state index contributed by atoms with van der Waals surface area (Å²) in [5, 5.41) is 14.3. The highest BCUT2D eigenvalue weighted by molar-refractivity contribution is 6.39. The normalized spacial score (nSPS) is 15.6. The lowest BCUT2D eigenvalue weighted by Crippen LogP contribution is -2.39. The number of rotatable bonds is 4. The van der Waals surface area contributed by atoms with Crippen molar-refractivity contribution in [3.63, 3.8) is 0 Å². The van der Waals surface area contributed by atoms with Crippen LogP contribution in [0.3, 0.4) is 0 Å². The van der Waals surface area contributed by atoms with Crippen molar-refractivity contribution < 1.29 is 14.7 Å². The van der Waals surface area contributed by atoms with Crippen LogP contribution < -0.4 is 10.6 Å². The summed E-state index contributed by atoms with van der Waals surface area (Å²) in [6, 6.07) is 5.49. The first-order valence-corrected chi connectivity index (χ1v) is 6.73. The summed E-state index contributed by atoms with van der Waals surface area (Å²) in [6.07, 6.45) is 1.78. The zero-order chi connectivity index (χ0) is 14.8. The summed E-state index contributed by atoms with van der Waals surface area (Å²) in [6.45, 7) is 4.33. The van der Waals surface area contributed by atoms with Gasteiger partial charge in [0.2, 0.25) is 0 Å². The van der Waals surface area contributed by atoms with Crippen LogP contribution >= 0.6 is 0 Å². The van der Waals surface area contributed by atoms with Crippen LogP contribution in [-0.2, 0) is 9.59 Å². The highest BCUT2D eigenvalue weighted by atomic mass is 16.3. The molecule has 5 heteroatoms. The van der Waals surface area contributed by atoms with Crippen LogP contribution in [0.25, 0.3) is 0 Å². The van der Waals surface area contributed by atoms with Crippen LogP contribution in [0.2, 0.25) is 0 Å². The number of aliphatic hydroxyl groups excluding tert-OH is 1. The van der Waals surface area contributed by atoms with Crippen LogP contribution in [-0.4, -0.2) is 30.1 Å². The van der Waals surface area contributed by atoms with Crippen molar-refractivity contribution in [2.45, 2.75) is 26.7 Å². The van der Waals surface area contributed by atoms with Crippen molar-refractivity contribution in [2.75, 3.05) is 18.5 Å². The number of hydrogen-bond donors (Lipinski definition) is 3. The Hall–Kier alpha value is -1.88. The van der Waals surface area contributed by atoms with Gasteiger partial charge in [-0.1, -0.05) is 6.07 Å². The molecule has 1 aromatic rings. The molecule has 0 spiro atoms. The summed E-state index contributed by atoms with van der Waals surface area (Å²) < 4.78 is 0. The summed E-state index contributed by atoms with van der Waals surface area (Å²) in [5.41, 5.74) is 2.60. The molecular weight excluding hydrogens is 256 g/mol. The van der Waals surface area contributed by atoms with E-state index in [0.29, 0.717) is 12.2 Å². The number of carbonyl (C=O) groups excluding carboxylic acids is 2. The van der Waals surface area contributed by atoms with Gasteiger partial charge >= 0.3 is 11.8 Å². The molecule has 0 heterocycles. The Kier molecular flexibility index (Phi) is 4.09. The number of benzene rings is 1. The lowest BCUT2D eigenvalue weighted by molar-refractivity contribution is -0.136. The van der Waals surface area contributed by atoms with E-state index in [9.17, 15) is 9.59 Å². The Morgan fingerprint density at radius 2 is 1.90 bits per heavy atom. The molecule has 0 aromatic heterocycles. The van der Waals surface area contributed by atoms with Crippen LogP contribution in [0.4, 0.5) is 5.69 Å². The summed E-state index contributed by atoms with van der Waals surface area (Å²) in [5.74, 6) is -1.34. The second-order valence-corrected chi connectivity index (χ2v) is 5.59. The van der Waals surface area contributed by atoms with E-state index in [4.69, 9.17) is 5.11 Å². The van der Waals surface area contributed by atoms with Gasteiger partial charge in [0.15, 0.2) is 0 Å². The monoisotopic (exact) mass is 276 g/mol. The van der Waals surface area contributed by atoms with E-state index in [0.717, 1.165) is 24.0 Å². The molecule has 108 valence electrons. The highest BCUT2D eigenvalue weighted by Crippen LogP contribution is 2.44. The molecule has 2 amide bonds. The van der Waals surface area contributed by atoms with Crippen LogP contribution in [0.15, 0.2) is 18.2 Å². The fourth-order valence-electron chi connectivity index (χ4n) is 1.92. The number of amides is 2. The minimum atomic E-state index is -0.679. The quantitative estimate of drug-likeness (QED) is 0.721. The zero-order valence-corrected chi connectivity index (χ0v) is 11.8. The molecule has 1 fully saturated rings. The molecule has 3 N–H and O–H groups in total. The van der Waals surface area contributed by atoms with Gasteiger partial charge < -0.3 is 15.7 Å². The summed E-state index contributed by atoms with van der Waals surface area (Å²) in [7, 11) is 0. The predicted octanol–water partition coefficient (Wildman–Crippen LogP) is 1.13. The van der Waals surface area contributed by atoms with Crippen molar-refractivity contribution in [1.29, 1.82) is 0 Å². The SMILES string of the molecule is Cc1ccc(NC(=O)C(=O)NCC2(CO)CC2)cc1C. The first kappa shape index (κ1) is 14.5. The molecule has 0 bridgehead atoms. The molecule has 0 atom stereocenters. The van der Waals surface area contributed by atoms with E-state index in [1.807, 2.05) is 26.0 Å². The molecule has 2 rings (SSSR count). The highest BCUT2D eigenvalue weighted by Gasteiger charge is 2.42. The number of nitrogens with one attached hydrogen (secondary N) is 2. The lowest BCUT2D eigenvalue weighted by Gasteiger charge is -2.12. The van der Waals surface area contributed by atoms with Crippen LogP contribution in [0.5, 0.6) is 0 Å². The van der Waals surface area contributed by atoms with E-state index >= 15 is 0 Å². The molecule has 0 unspecified atom stereocenters. The molecule has 1 saturated carbocycles. The lowest BCUT2D eigenvalue weighted by atomic mass is 10.1. The van der Waals surface area contributed by atoms with Gasteiger partial charge in [-0.15, -0.1) is 0 Å². The van der Waals surface area contributed by atoms with Crippen LogP contribution in [0, 0.1) is 19.3 Å². The number of aliphatic hydroxyl groups is 1. The van der Waals surface area contributed by atoms with E-state index in [-0.39, 0.29) is 12.0 Å². The third kappa shape index (κ3) is 3.36. The smallest absolute Gasteiger partial charge is 0.313 e. The molecule has 0 aliphatic heterocycles. The first-order chi connectivity index (χ1) is 9.46. The van der Waals surface area contributed by atoms with Crippen molar-refractivity contribution >= 4 is 17.5 Å². The van der Waals surface area contributed by atoms with Crippen molar-refractivity contribution in [2.24, 2.45) is 5.41 Å². The van der Waals surface area contributed by atoms with Gasteiger partial charge in [-0.3, -0.25) is 9.59 Å². The summed E-state index contributed by atoms with van der Waals surface area (Å²) >= 11 is 0. The average Bonchev–Trinajstić information content (AvgIpc) is 3.21. The molecular formula is C15H20N2O3. The Labute approximate surface area is 118 Å². The fourth-order valence-corrected chi connectivity index (χ4v) is 1.92. The standard InChI is InChI=1S/C15H20N2O3/c1-10-3-4-12(7-11(10)2)17-14(20)13(19)16-8-15(9-18)5-6-15/h3-4,7,18H,5-6,8-9H2,1-2H3,(H,16,19)(H,17,20). The van der Waals surface area contributed by atoms with Crippen molar-refractivity contribution in [3.05, 3.63) is 29.3 Å². The van der Waals surface area contributed by atoms with E-state index < -0.39 is 11.8 Å². The third-order valence-corrected chi connectivity index (χ3v) is 3.89. The minimum Gasteiger partial charge on any atom is -0.396 e. The van der Waals surface area contributed by atoms with Gasteiger partial charge in [-0.25, -0.2) is 0 Å². The molecule has 20 heavy (non-hydrogen) atoms. The minimum absolute atomic E-state index is 0.0477. The number of carbonyl (C=O) groups is 2. The van der Waals surface area contributed by atoms with Crippen molar-refractivity contribution in [3.8, 4) is 0 Å². The molecule has 0 saturated heterocycles. The van der Waals surface area contributed by atoms with E-state index in [2.05, 4.69) is 10.6 Å². The fraction of sp³-hybridized carbons (Fsp3) is 0.467. The molecule has 1 aliphatic rings. The summed E-state index contributed by atoms with van der Waals surface area (Å²) in [4.78, 5) is 23.4. The van der Waals surface area contributed by atoms with Crippen LogP contribution in [0.1, 0.15) is 24.0 Å². The van der Waals surface area contributed by atoms with Gasteiger partial charge in [0, 0.05) is 17.6 Å². The maximum absolute atomic E-state index is 11.7. The molecule has 5 nitrogen and oxygen atoms in total. The predicted molar refractivity (Wildman–Crippen MR) is 76.3 cm³/mol. The Morgan fingerprint density at radius 1 is 1.20 bits per heavy atom. The Bertz CT molecular complexity index is 536. The van der Waals surface area contributed by atoms with Gasteiger partial charge in [0.1, 0.15) is 0 Å². The second-order valence-electron chi connectivity index (χ2n) is 5.59. The topological polar surface area (TPSA) is 78.4 Å². The Balaban J connectivity index is 1.87. The van der Waals surface area contributed by atoms with Gasteiger partial charge in [0.25, 0.3) is 0 Å². The third-order valence-electron chi connectivity index (χ3n) is 3.89. The number of aryl methyl sites for hydroxylation is 2. The molecule has 1 aromatic carbocycles. The second kappa shape index (κ2) is 5.63. The van der Waals surface area contributed by atoms with E-state index in [1.165, 1.54) is 0 Å². The van der Waals surface area contributed by atoms with Gasteiger partial charge in [-0.05, 0) is 49.9 Å². The number of anilines is 1. The maximum Gasteiger partial charge on any atom is 0.313 e. The van der Waals surface area contributed by atoms with Crippen molar-refractivity contribution in [1.82, 2.24) is 5.32 Å². The van der Waals surface area contributed by atoms with E-state index in [1.54, 1.807) is 6.07 Å². The Morgan fingerprint density at radius 3 is 2.45 bits per heavy atom. The maximum atomic E-state index is 11.7. The first-order valence-electron chi connectivity index (χ1n) is 6.73. The largest absolute Gasteiger partial charge is 0.396 e. The zero-order valence-electron chi connectivity index (χ0n) is 11.8. The van der Waals surface area contributed by atoms with Gasteiger partial charge in [0.05, 0.1) is 6.61 Å². The molecule has 1 aliphatic carbocycles. The molecule has 0 radical (unpaired) electrons. The van der Waals surface area contributed by atoms with Gasteiger partial charge in [-0.2, -0.15) is 0 Å².